The summed E-state index contributed by atoms with van der Waals surface area (Å²) in [6.07, 6.45) is 2.79. The van der Waals surface area contributed by atoms with Crippen molar-refractivity contribution in [3.63, 3.8) is 0 Å². The van der Waals surface area contributed by atoms with Gasteiger partial charge in [-0.1, -0.05) is 23.4 Å². The van der Waals surface area contributed by atoms with Crippen LogP contribution in [-0.4, -0.2) is 84.9 Å². The van der Waals surface area contributed by atoms with Crippen molar-refractivity contribution in [2.75, 3.05) is 51.3 Å². The van der Waals surface area contributed by atoms with Crippen molar-refractivity contribution in [1.82, 2.24) is 14.9 Å². The molecule has 2 aliphatic rings. The third-order valence-corrected chi connectivity index (χ3v) is 5.58. The van der Waals surface area contributed by atoms with Gasteiger partial charge in [-0.15, -0.1) is 0 Å². The minimum Gasteiger partial charge on any atom is -0.460 e. The van der Waals surface area contributed by atoms with Gasteiger partial charge in [-0.2, -0.15) is 0 Å². The fourth-order valence-corrected chi connectivity index (χ4v) is 3.68. The molecule has 1 aromatic heterocycles. The lowest BCUT2D eigenvalue weighted by atomic mass is 10.1. The Bertz CT molecular complexity index is 1090. The molecule has 0 saturated carbocycles. The van der Waals surface area contributed by atoms with Crippen molar-refractivity contribution in [1.29, 1.82) is 5.41 Å². The normalized spacial score (nSPS) is 18.1. The number of ether oxygens (including phenoxy) is 2. The molecule has 12 heteroatoms. The molecule has 2 aromatic rings. The van der Waals surface area contributed by atoms with E-state index >= 15 is 0 Å². The van der Waals surface area contributed by atoms with E-state index in [1.165, 1.54) is 6.07 Å². The molecule has 1 aromatic carbocycles. The highest BCUT2D eigenvalue weighted by Crippen LogP contribution is 2.26. The van der Waals surface area contributed by atoms with Gasteiger partial charge in [0.1, 0.15) is 37.4 Å². The van der Waals surface area contributed by atoms with E-state index in [0.29, 0.717) is 43.4 Å². The lowest BCUT2D eigenvalue weighted by Crippen LogP contribution is -2.48. The van der Waals surface area contributed by atoms with Crippen molar-refractivity contribution < 1.29 is 23.5 Å². The lowest BCUT2D eigenvalue weighted by Gasteiger charge is -2.32. The van der Waals surface area contributed by atoms with Crippen LogP contribution in [0.15, 0.2) is 35.7 Å². The highest BCUT2D eigenvalue weighted by Gasteiger charge is 2.26. The number of esters is 1. The van der Waals surface area contributed by atoms with Gasteiger partial charge in [-0.25, -0.2) is 14.4 Å². The van der Waals surface area contributed by atoms with Crippen LogP contribution < -0.4 is 10.6 Å². The number of rotatable bonds is 9. The van der Waals surface area contributed by atoms with Gasteiger partial charge in [0.2, 0.25) is 5.95 Å². The number of nitrogens with two attached hydrogens (primary N) is 1. The Morgan fingerprint density at radius 3 is 2.83 bits per heavy atom. The quantitative estimate of drug-likeness (QED) is 0.232. The highest BCUT2D eigenvalue weighted by atomic mass is 19.1. The van der Waals surface area contributed by atoms with Crippen molar-refractivity contribution in [3.8, 4) is 11.1 Å². The molecule has 2 fully saturated rings. The van der Waals surface area contributed by atoms with E-state index in [0.717, 1.165) is 18.8 Å². The second kappa shape index (κ2) is 11.2. The minimum absolute atomic E-state index is 0.0247. The van der Waals surface area contributed by atoms with Gasteiger partial charge >= 0.3 is 5.97 Å². The van der Waals surface area contributed by atoms with Gasteiger partial charge in [0.15, 0.2) is 0 Å². The molecule has 2 aliphatic heterocycles. The molecular weight excluding hydrogens is 457 g/mol. The van der Waals surface area contributed by atoms with E-state index in [-0.39, 0.29) is 30.5 Å². The molecule has 35 heavy (non-hydrogen) atoms. The summed E-state index contributed by atoms with van der Waals surface area (Å²) in [4.78, 5) is 29.9. The van der Waals surface area contributed by atoms with E-state index in [2.05, 4.69) is 27.1 Å². The lowest BCUT2D eigenvalue weighted by molar-refractivity contribution is -0.143. The molecule has 186 valence electrons. The van der Waals surface area contributed by atoms with Crippen LogP contribution in [0.2, 0.25) is 0 Å². The molecule has 3 N–H and O–H groups in total. The van der Waals surface area contributed by atoms with E-state index in [1.54, 1.807) is 24.5 Å². The molecule has 1 atom stereocenters. The van der Waals surface area contributed by atoms with Crippen molar-refractivity contribution >= 4 is 23.5 Å². The maximum atomic E-state index is 15.0. The van der Waals surface area contributed by atoms with Crippen molar-refractivity contribution in [2.45, 2.75) is 19.1 Å². The molecule has 0 amide bonds. The van der Waals surface area contributed by atoms with Crippen LogP contribution in [0.25, 0.3) is 11.1 Å². The number of hydrogen-bond acceptors (Lipinski definition) is 10. The van der Waals surface area contributed by atoms with Crippen molar-refractivity contribution in [2.24, 2.45) is 10.9 Å². The number of carbonyl (C=O) groups is 1. The average molecular weight is 486 g/mol. The molecule has 0 aliphatic carbocycles. The molecule has 2 saturated heterocycles. The second-order valence-corrected chi connectivity index (χ2v) is 8.48. The predicted molar refractivity (Wildman–Crippen MR) is 127 cm³/mol. The zero-order valence-electron chi connectivity index (χ0n) is 19.4. The first kappa shape index (κ1) is 24.5. The minimum atomic E-state index is -0.687. The fraction of sp³-hybridized carbons (Fsp3) is 0.435. The maximum absolute atomic E-state index is 15.0. The second-order valence-electron chi connectivity index (χ2n) is 8.48. The van der Waals surface area contributed by atoms with Gasteiger partial charge in [0.25, 0.3) is 0 Å². The summed E-state index contributed by atoms with van der Waals surface area (Å²) in [5.41, 5.74) is 7.06. The topological polar surface area (TPSA) is 139 Å². The van der Waals surface area contributed by atoms with Gasteiger partial charge < -0.3 is 29.8 Å². The van der Waals surface area contributed by atoms with E-state index < -0.39 is 11.8 Å². The molecule has 3 heterocycles. The number of hydrogen-bond donors (Lipinski definition) is 2. The van der Waals surface area contributed by atoms with E-state index in [1.807, 2.05) is 4.90 Å². The number of nitrogens with one attached hydrogen (secondary N) is 1. The molecular formula is C23H28FN7O4. The summed E-state index contributed by atoms with van der Waals surface area (Å²) in [5, 5.41) is 11.3. The summed E-state index contributed by atoms with van der Waals surface area (Å²) in [5.74, 6) is -1.01. The summed E-state index contributed by atoms with van der Waals surface area (Å²) >= 11 is 0. The first-order chi connectivity index (χ1) is 16.9. The Balaban J connectivity index is 1.29. The number of aromatic nitrogens is 2. The third-order valence-electron chi connectivity index (χ3n) is 5.58. The van der Waals surface area contributed by atoms with E-state index in [9.17, 15) is 9.18 Å². The van der Waals surface area contributed by atoms with Gasteiger partial charge in [-0.05, 0) is 7.05 Å². The fourth-order valence-electron chi connectivity index (χ4n) is 3.68. The number of nitrogens with zero attached hydrogens (tertiary/aromatic N) is 5. The van der Waals surface area contributed by atoms with Crippen LogP contribution in [0.5, 0.6) is 0 Å². The van der Waals surface area contributed by atoms with Crippen LogP contribution in [0.1, 0.15) is 12.0 Å². The van der Waals surface area contributed by atoms with Crippen LogP contribution in [0.3, 0.4) is 0 Å². The summed E-state index contributed by atoms with van der Waals surface area (Å²) in [7, 11) is 2.05. The first-order valence-electron chi connectivity index (χ1n) is 11.2. The monoisotopic (exact) mass is 485 g/mol. The number of likely N-dealkylation sites (N-methyl/N-ethyl adjacent to an activating group) is 1. The number of amidine groups is 1. The number of oxime groups is 1. The van der Waals surface area contributed by atoms with Crippen LogP contribution in [-0.2, 0) is 25.7 Å². The third kappa shape index (κ3) is 6.49. The van der Waals surface area contributed by atoms with Crippen molar-refractivity contribution in [3.05, 3.63) is 42.0 Å². The molecule has 0 radical (unpaired) electrons. The van der Waals surface area contributed by atoms with Gasteiger partial charge in [0.05, 0.1) is 25.4 Å². The largest absolute Gasteiger partial charge is 0.460 e. The number of halogens is 1. The predicted octanol–water partition coefficient (Wildman–Crippen LogP) is 1.18. The molecule has 0 spiro atoms. The van der Waals surface area contributed by atoms with Crippen LogP contribution >= 0.6 is 0 Å². The smallest absolute Gasteiger partial charge is 0.313 e. The van der Waals surface area contributed by atoms with Gasteiger partial charge in [0, 0.05) is 42.2 Å². The Morgan fingerprint density at radius 2 is 2.11 bits per heavy atom. The maximum Gasteiger partial charge on any atom is 0.313 e. The Kier molecular flexibility index (Phi) is 7.83. The summed E-state index contributed by atoms with van der Waals surface area (Å²) in [6.45, 7) is 3.72. The Morgan fingerprint density at radius 1 is 1.34 bits per heavy atom. The highest BCUT2D eigenvalue weighted by molar-refractivity contribution is 5.98. The van der Waals surface area contributed by atoms with Crippen LogP contribution in [0.4, 0.5) is 10.3 Å². The molecule has 0 bridgehead atoms. The SMILES string of the molecule is CN1CCOC(CON=C2CN(c3ncc(-c4cccc(COC(=O)CC(=N)N)c4F)cn3)C2)C1. The van der Waals surface area contributed by atoms with Crippen LogP contribution in [0, 0.1) is 11.2 Å². The first-order valence-corrected chi connectivity index (χ1v) is 11.2. The number of anilines is 1. The summed E-state index contributed by atoms with van der Waals surface area (Å²) in [6, 6.07) is 4.79. The number of morpholine rings is 1. The number of benzene rings is 1. The summed E-state index contributed by atoms with van der Waals surface area (Å²) < 4.78 is 25.6. The molecule has 11 nitrogen and oxygen atoms in total. The molecule has 4 rings (SSSR count). The average Bonchev–Trinajstić information content (AvgIpc) is 2.80. The zero-order valence-corrected chi connectivity index (χ0v) is 19.4. The van der Waals surface area contributed by atoms with Gasteiger partial charge in [-0.3, -0.25) is 10.2 Å². The Hall–Kier alpha value is -3.64. The number of carbonyl (C=O) groups excluding carboxylic acids is 1. The van der Waals surface area contributed by atoms with E-state index in [4.69, 9.17) is 25.5 Å². The standard InChI is InChI=1S/C23H28FN7O4/c1-30-5-6-33-18(12-30)14-35-29-17-10-31(11-17)23-27-8-16(9-28-23)19-4-2-3-15(22(19)24)13-34-21(32)7-20(25)26/h2-4,8-9,18H,5-7,10-14H2,1H3,(H3,25,26). The Labute approximate surface area is 202 Å². The zero-order chi connectivity index (χ0) is 24.8. The molecule has 1 unspecified atom stereocenters.